The highest BCUT2D eigenvalue weighted by Gasteiger charge is 2.07. The summed E-state index contributed by atoms with van der Waals surface area (Å²) in [5, 5.41) is 2.83. The van der Waals surface area contributed by atoms with Crippen LogP contribution in [-0.4, -0.2) is 20.0 Å². The molecule has 0 radical (unpaired) electrons. The van der Waals surface area contributed by atoms with Crippen LogP contribution in [0.25, 0.3) is 0 Å². The van der Waals surface area contributed by atoms with Crippen molar-refractivity contribution in [2.45, 2.75) is 0 Å². The molecular weight excluding hydrogens is 238 g/mol. The monoisotopic (exact) mass is 255 g/mol. The Hall–Kier alpha value is -2.49. The van der Waals surface area contributed by atoms with Crippen molar-refractivity contribution in [3.63, 3.8) is 0 Å². The molecule has 98 valence electrons. The standard InChI is InChI=1S/C15H17N3O/c1-18(2)14-9-8-12(10-13(14)16)17-15(19)11-6-4-3-5-7-11/h3-10H,16H2,1-2H3,(H,17,19). The number of hydrogen-bond acceptors (Lipinski definition) is 3. The Morgan fingerprint density at radius 3 is 2.37 bits per heavy atom. The Labute approximate surface area is 112 Å². The predicted molar refractivity (Wildman–Crippen MR) is 79.6 cm³/mol. The van der Waals surface area contributed by atoms with E-state index in [2.05, 4.69) is 5.32 Å². The molecule has 0 aliphatic heterocycles. The van der Waals surface area contributed by atoms with Gasteiger partial charge in [-0.3, -0.25) is 4.79 Å². The van der Waals surface area contributed by atoms with Crippen LogP contribution in [0.3, 0.4) is 0 Å². The lowest BCUT2D eigenvalue weighted by atomic mass is 10.2. The van der Waals surface area contributed by atoms with Crippen molar-refractivity contribution in [2.24, 2.45) is 0 Å². The lowest BCUT2D eigenvalue weighted by Crippen LogP contribution is -2.14. The molecule has 0 bridgehead atoms. The molecular formula is C15H17N3O. The fourth-order valence-corrected chi connectivity index (χ4v) is 1.83. The van der Waals surface area contributed by atoms with Gasteiger partial charge in [0.05, 0.1) is 11.4 Å². The summed E-state index contributed by atoms with van der Waals surface area (Å²) in [6.07, 6.45) is 0. The number of nitrogens with one attached hydrogen (secondary N) is 1. The summed E-state index contributed by atoms with van der Waals surface area (Å²) in [7, 11) is 3.85. The average Bonchev–Trinajstić information content (AvgIpc) is 2.39. The van der Waals surface area contributed by atoms with Crippen LogP contribution in [0.5, 0.6) is 0 Å². The first kappa shape index (κ1) is 13.0. The Morgan fingerprint density at radius 1 is 1.11 bits per heavy atom. The zero-order valence-corrected chi connectivity index (χ0v) is 11.1. The van der Waals surface area contributed by atoms with Gasteiger partial charge in [-0.1, -0.05) is 18.2 Å². The van der Waals surface area contributed by atoms with E-state index in [1.807, 2.05) is 49.3 Å². The highest BCUT2D eigenvalue weighted by atomic mass is 16.1. The molecule has 0 aliphatic rings. The number of nitrogens with zero attached hydrogens (tertiary/aromatic N) is 1. The summed E-state index contributed by atoms with van der Waals surface area (Å²) in [6, 6.07) is 14.6. The van der Waals surface area contributed by atoms with E-state index >= 15 is 0 Å². The first-order chi connectivity index (χ1) is 9.08. The summed E-state index contributed by atoms with van der Waals surface area (Å²) in [6.45, 7) is 0. The van der Waals surface area contributed by atoms with Gasteiger partial charge < -0.3 is 16.0 Å². The minimum Gasteiger partial charge on any atom is -0.397 e. The number of carbonyl (C=O) groups is 1. The molecule has 0 aliphatic carbocycles. The average molecular weight is 255 g/mol. The molecule has 4 nitrogen and oxygen atoms in total. The second-order valence-corrected chi connectivity index (χ2v) is 4.49. The summed E-state index contributed by atoms with van der Waals surface area (Å²) in [4.78, 5) is 13.9. The molecule has 0 heterocycles. The van der Waals surface area contributed by atoms with Gasteiger partial charge in [-0.25, -0.2) is 0 Å². The number of anilines is 3. The quantitative estimate of drug-likeness (QED) is 0.829. The highest BCUT2D eigenvalue weighted by Crippen LogP contribution is 2.25. The molecule has 0 unspecified atom stereocenters. The van der Waals surface area contributed by atoms with Crippen molar-refractivity contribution in [1.82, 2.24) is 0 Å². The largest absolute Gasteiger partial charge is 0.397 e. The maximum Gasteiger partial charge on any atom is 0.255 e. The lowest BCUT2D eigenvalue weighted by Gasteiger charge is -2.16. The lowest BCUT2D eigenvalue weighted by molar-refractivity contribution is 0.102. The second-order valence-electron chi connectivity index (χ2n) is 4.49. The third-order valence-corrected chi connectivity index (χ3v) is 2.80. The number of hydrogen-bond donors (Lipinski definition) is 2. The van der Waals surface area contributed by atoms with Crippen LogP contribution in [0.2, 0.25) is 0 Å². The third kappa shape index (κ3) is 3.04. The van der Waals surface area contributed by atoms with Gasteiger partial charge in [-0.05, 0) is 30.3 Å². The number of nitrogens with two attached hydrogens (primary N) is 1. The molecule has 2 aromatic carbocycles. The molecule has 0 saturated heterocycles. The van der Waals surface area contributed by atoms with Crippen molar-refractivity contribution in [3.05, 3.63) is 54.1 Å². The summed E-state index contributed by atoms with van der Waals surface area (Å²) < 4.78 is 0. The Kier molecular flexibility index (Phi) is 3.71. The number of amides is 1. The molecule has 2 aromatic rings. The smallest absolute Gasteiger partial charge is 0.255 e. The van der Waals surface area contributed by atoms with Crippen molar-refractivity contribution >= 4 is 23.0 Å². The Bertz CT molecular complexity index is 579. The first-order valence-corrected chi connectivity index (χ1v) is 6.01. The second kappa shape index (κ2) is 5.44. The fourth-order valence-electron chi connectivity index (χ4n) is 1.83. The van der Waals surface area contributed by atoms with E-state index in [0.717, 1.165) is 5.69 Å². The Balaban J connectivity index is 2.16. The van der Waals surface area contributed by atoms with Crippen LogP contribution in [0.1, 0.15) is 10.4 Å². The molecule has 0 aromatic heterocycles. The van der Waals surface area contributed by atoms with Gasteiger partial charge in [0.2, 0.25) is 0 Å². The SMILES string of the molecule is CN(C)c1ccc(NC(=O)c2ccccc2)cc1N. The molecule has 1 amide bonds. The van der Waals surface area contributed by atoms with Crippen LogP contribution in [0.15, 0.2) is 48.5 Å². The van der Waals surface area contributed by atoms with Crippen LogP contribution in [0.4, 0.5) is 17.1 Å². The van der Waals surface area contributed by atoms with Gasteiger partial charge in [0.15, 0.2) is 0 Å². The number of benzene rings is 2. The molecule has 3 N–H and O–H groups in total. The van der Waals surface area contributed by atoms with Crippen molar-refractivity contribution < 1.29 is 4.79 Å². The Morgan fingerprint density at radius 2 is 1.79 bits per heavy atom. The van der Waals surface area contributed by atoms with Crippen molar-refractivity contribution in [1.29, 1.82) is 0 Å². The fraction of sp³-hybridized carbons (Fsp3) is 0.133. The van der Waals surface area contributed by atoms with Gasteiger partial charge in [0.1, 0.15) is 0 Å². The first-order valence-electron chi connectivity index (χ1n) is 6.01. The number of nitrogen functional groups attached to an aromatic ring is 1. The zero-order chi connectivity index (χ0) is 13.8. The van der Waals surface area contributed by atoms with E-state index in [-0.39, 0.29) is 5.91 Å². The predicted octanol–water partition coefficient (Wildman–Crippen LogP) is 2.59. The minimum absolute atomic E-state index is 0.141. The van der Waals surface area contributed by atoms with Crippen LogP contribution in [0, 0.1) is 0 Å². The molecule has 4 heteroatoms. The molecule has 0 atom stereocenters. The number of carbonyl (C=O) groups excluding carboxylic acids is 1. The molecule has 2 rings (SSSR count). The zero-order valence-electron chi connectivity index (χ0n) is 11.1. The van der Waals surface area contributed by atoms with Gasteiger partial charge in [-0.15, -0.1) is 0 Å². The number of rotatable bonds is 3. The molecule has 19 heavy (non-hydrogen) atoms. The van der Waals surface area contributed by atoms with Crippen molar-refractivity contribution in [3.8, 4) is 0 Å². The van der Waals surface area contributed by atoms with Gasteiger partial charge >= 0.3 is 0 Å². The van der Waals surface area contributed by atoms with E-state index in [1.165, 1.54) is 0 Å². The van der Waals surface area contributed by atoms with E-state index in [1.54, 1.807) is 18.2 Å². The summed E-state index contributed by atoms with van der Waals surface area (Å²) in [5.41, 5.74) is 8.82. The van der Waals surface area contributed by atoms with Gasteiger partial charge in [0.25, 0.3) is 5.91 Å². The van der Waals surface area contributed by atoms with E-state index in [4.69, 9.17) is 5.73 Å². The van der Waals surface area contributed by atoms with Crippen molar-refractivity contribution in [2.75, 3.05) is 30.0 Å². The minimum atomic E-state index is -0.141. The molecule has 0 saturated carbocycles. The van der Waals surface area contributed by atoms with E-state index in [0.29, 0.717) is 16.9 Å². The van der Waals surface area contributed by atoms with Gasteiger partial charge in [0, 0.05) is 25.3 Å². The normalized spacial score (nSPS) is 10.0. The highest BCUT2D eigenvalue weighted by molar-refractivity contribution is 6.04. The summed E-state index contributed by atoms with van der Waals surface area (Å²) >= 11 is 0. The topological polar surface area (TPSA) is 58.4 Å². The maximum atomic E-state index is 12.0. The third-order valence-electron chi connectivity index (χ3n) is 2.80. The van der Waals surface area contributed by atoms with E-state index < -0.39 is 0 Å². The maximum absolute atomic E-state index is 12.0. The molecule has 0 fully saturated rings. The van der Waals surface area contributed by atoms with Gasteiger partial charge in [-0.2, -0.15) is 0 Å². The summed E-state index contributed by atoms with van der Waals surface area (Å²) in [5.74, 6) is -0.141. The van der Waals surface area contributed by atoms with Crippen LogP contribution in [-0.2, 0) is 0 Å². The van der Waals surface area contributed by atoms with E-state index in [9.17, 15) is 4.79 Å². The van der Waals surface area contributed by atoms with Crippen LogP contribution >= 0.6 is 0 Å². The molecule has 0 spiro atoms. The van der Waals surface area contributed by atoms with Crippen LogP contribution < -0.4 is 16.0 Å².